The zero-order valence-corrected chi connectivity index (χ0v) is 10.5. The molecule has 1 aromatic rings. The van der Waals surface area contributed by atoms with Crippen molar-refractivity contribution in [2.45, 2.75) is 19.8 Å². The largest absolute Gasteiger partial charge is 0.330 e. The van der Waals surface area contributed by atoms with Gasteiger partial charge in [-0.3, -0.25) is 0 Å². The molecule has 0 fully saturated rings. The van der Waals surface area contributed by atoms with E-state index in [1.807, 2.05) is 0 Å². The van der Waals surface area contributed by atoms with E-state index in [2.05, 4.69) is 49.2 Å². The Morgan fingerprint density at radius 3 is 2.50 bits per heavy atom. The molecule has 0 heterocycles. The topological polar surface area (TPSA) is 29.3 Å². The highest BCUT2D eigenvalue weighted by Gasteiger charge is 2.03. The van der Waals surface area contributed by atoms with Crippen LogP contribution < -0.4 is 5.73 Å². The molecule has 1 unspecified atom stereocenters. The third-order valence-electron chi connectivity index (χ3n) is 3.03. The van der Waals surface area contributed by atoms with Crippen molar-refractivity contribution in [2.75, 3.05) is 26.7 Å². The predicted molar refractivity (Wildman–Crippen MR) is 70.5 cm³/mol. The van der Waals surface area contributed by atoms with Crippen LogP contribution in [0.1, 0.15) is 18.9 Å². The molecule has 0 saturated heterocycles. The predicted octanol–water partition coefficient (Wildman–Crippen LogP) is 2.15. The molecule has 0 amide bonds. The fraction of sp³-hybridized carbons (Fsp3) is 0.571. The van der Waals surface area contributed by atoms with Gasteiger partial charge in [0, 0.05) is 6.54 Å². The van der Waals surface area contributed by atoms with Crippen molar-refractivity contribution in [3.05, 3.63) is 35.9 Å². The molecule has 0 saturated carbocycles. The van der Waals surface area contributed by atoms with Gasteiger partial charge in [0.25, 0.3) is 0 Å². The highest BCUT2D eigenvalue weighted by atomic mass is 15.1. The molecule has 0 radical (unpaired) electrons. The van der Waals surface area contributed by atoms with Crippen LogP contribution >= 0.6 is 0 Å². The summed E-state index contributed by atoms with van der Waals surface area (Å²) in [5, 5.41) is 0. The lowest BCUT2D eigenvalue weighted by molar-refractivity contribution is 0.310. The molecule has 1 atom stereocenters. The molecule has 0 aromatic heterocycles. The number of benzene rings is 1. The van der Waals surface area contributed by atoms with E-state index in [9.17, 15) is 0 Å². The van der Waals surface area contributed by atoms with E-state index in [0.29, 0.717) is 5.92 Å². The van der Waals surface area contributed by atoms with E-state index in [4.69, 9.17) is 5.73 Å². The van der Waals surface area contributed by atoms with Crippen molar-refractivity contribution in [1.82, 2.24) is 4.90 Å². The smallest absolute Gasteiger partial charge is 0.00188 e. The van der Waals surface area contributed by atoms with Crippen LogP contribution in [0.5, 0.6) is 0 Å². The van der Waals surface area contributed by atoms with Crippen LogP contribution in [0.25, 0.3) is 0 Å². The summed E-state index contributed by atoms with van der Waals surface area (Å²) in [5.74, 6) is 0.638. The van der Waals surface area contributed by atoms with E-state index in [-0.39, 0.29) is 0 Å². The Bertz CT molecular complexity index is 271. The molecular weight excluding hydrogens is 196 g/mol. The van der Waals surface area contributed by atoms with Gasteiger partial charge in [0.2, 0.25) is 0 Å². The summed E-state index contributed by atoms with van der Waals surface area (Å²) >= 11 is 0. The quantitative estimate of drug-likeness (QED) is 0.763. The van der Waals surface area contributed by atoms with E-state index in [0.717, 1.165) is 26.1 Å². The average molecular weight is 220 g/mol. The summed E-state index contributed by atoms with van der Waals surface area (Å²) in [6.07, 6.45) is 2.33. The maximum absolute atomic E-state index is 5.60. The molecule has 1 rings (SSSR count). The summed E-state index contributed by atoms with van der Waals surface area (Å²) in [4.78, 5) is 2.39. The Morgan fingerprint density at radius 2 is 1.88 bits per heavy atom. The first kappa shape index (κ1) is 13.2. The van der Waals surface area contributed by atoms with E-state index in [1.54, 1.807) is 0 Å². The molecule has 0 bridgehead atoms. The second-order valence-electron chi connectivity index (χ2n) is 4.67. The number of nitrogens with two attached hydrogens (primary N) is 1. The van der Waals surface area contributed by atoms with Crippen molar-refractivity contribution in [3.8, 4) is 0 Å². The van der Waals surface area contributed by atoms with Gasteiger partial charge in [-0.2, -0.15) is 0 Å². The van der Waals surface area contributed by atoms with Gasteiger partial charge in [0.15, 0.2) is 0 Å². The molecule has 90 valence electrons. The zero-order chi connectivity index (χ0) is 11.8. The Morgan fingerprint density at radius 1 is 1.19 bits per heavy atom. The van der Waals surface area contributed by atoms with Crippen molar-refractivity contribution >= 4 is 0 Å². The molecule has 2 heteroatoms. The van der Waals surface area contributed by atoms with Crippen LogP contribution in [-0.4, -0.2) is 31.6 Å². The first-order chi connectivity index (χ1) is 7.72. The van der Waals surface area contributed by atoms with Crippen LogP contribution in [0.4, 0.5) is 0 Å². The maximum atomic E-state index is 5.60. The van der Waals surface area contributed by atoms with Gasteiger partial charge in [-0.1, -0.05) is 37.3 Å². The number of likely N-dealkylation sites (N-methyl/N-ethyl adjacent to an activating group) is 1. The molecule has 0 spiro atoms. The lowest BCUT2D eigenvalue weighted by atomic mass is 10.1. The molecular formula is C14H24N2. The number of nitrogens with zero attached hydrogens (tertiary/aromatic N) is 1. The third kappa shape index (κ3) is 5.29. The Balaban J connectivity index is 2.18. The number of hydrogen-bond donors (Lipinski definition) is 1. The lowest BCUT2D eigenvalue weighted by Gasteiger charge is -2.18. The maximum Gasteiger partial charge on any atom is 0.00188 e. The minimum atomic E-state index is 0.638. The molecule has 2 nitrogen and oxygen atoms in total. The van der Waals surface area contributed by atoms with Gasteiger partial charge in [0.05, 0.1) is 0 Å². The van der Waals surface area contributed by atoms with Gasteiger partial charge in [-0.15, -0.1) is 0 Å². The van der Waals surface area contributed by atoms with Gasteiger partial charge >= 0.3 is 0 Å². The van der Waals surface area contributed by atoms with Crippen molar-refractivity contribution in [3.63, 3.8) is 0 Å². The van der Waals surface area contributed by atoms with Gasteiger partial charge in [-0.25, -0.2) is 0 Å². The molecule has 2 N–H and O–H groups in total. The highest BCUT2D eigenvalue weighted by molar-refractivity contribution is 5.14. The zero-order valence-electron chi connectivity index (χ0n) is 10.5. The normalized spacial score (nSPS) is 13.0. The molecule has 1 aromatic carbocycles. The van der Waals surface area contributed by atoms with Crippen LogP contribution in [0.3, 0.4) is 0 Å². The summed E-state index contributed by atoms with van der Waals surface area (Å²) in [6.45, 7) is 5.28. The Hall–Kier alpha value is -0.860. The fourth-order valence-corrected chi connectivity index (χ4v) is 1.64. The highest BCUT2D eigenvalue weighted by Crippen LogP contribution is 2.03. The molecule has 16 heavy (non-hydrogen) atoms. The molecule has 0 aliphatic rings. The van der Waals surface area contributed by atoms with Gasteiger partial charge < -0.3 is 10.6 Å². The summed E-state index contributed by atoms with van der Waals surface area (Å²) in [6, 6.07) is 10.7. The van der Waals surface area contributed by atoms with Crippen LogP contribution in [-0.2, 0) is 6.42 Å². The van der Waals surface area contributed by atoms with Gasteiger partial charge in [-0.05, 0) is 44.5 Å². The fourth-order valence-electron chi connectivity index (χ4n) is 1.64. The molecule has 0 aliphatic heterocycles. The third-order valence-corrected chi connectivity index (χ3v) is 3.03. The average Bonchev–Trinajstić information content (AvgIpc) is 2.34. The van der Waals surface area contributed by atoms with E-state index in [1.165, 1.54) is 12.0 Å². The Labute approximate surface area is 99.5 Å². The van der Waals surface area contributed by atoms with Crippen molar-refractivity contribution in [2.24, 2.45) is 11.7 Å². The van der Waals surface area contributed by atoms with Crippen LogP contribution in [0.15, 0.2) is 30.3 Å². The second-order valence-corrected chi connectivity index (χ2v) is 4.67. The van der Waals surface area contributed by atoms with E-state index >= 15 is 0 Å². The Kier molecular flexibility index (Phi) is 6.12. The molecule has 0 aliphatic carbocycles. The summed E-state index contributed by atoms with van der Waals surface area (Å²) in [5.41, 5.74) is 7.02. The minimum Gasteiger partial charge on any atom is -0.330 e. The van der Waals surface area contributed by atoms with Crippen molar-refractivity contribution < 1.29 is 0 Å². The second kappa shape index (κ2) is 7.42. The number of hydrogen-bond acceptors (Lipinski definition) is 2. The van der Waals surface area contributed by atoms with E-state index < -0.39 is 0 Å². The summed E-state index contributed by atoms with van der Waals surface area (Å²) < 4.78 is 0. The monoisotopic (exact) mass is 220 g/mol. The standard InChI is InChI=1S/C14H24N2/c1-13(12-15)8-10-16(2)11-9-14-6-4-3-5-7-14/h3-7,13H,8-12,15H2,1-2H3. The summed E-state index contributed by atoms with van der Waals surface area (Å²) in [7, 11) is 2.19. The van der Waals surface area contributed by atoms with Crippen molar-refractivity contribution in [1.29, 1.82) is 0 Å². The van der Waals surface area contributed by atoms with Gasteiger partial charge in [0.1, 0.15) is 0 Å². The van der Waals surface area contributed by atoms with Crippen LogP contribution in [0.2, 0.25) is 0 Å². The SMILES string of the molecule is CC(CN)CCN(C)CCc1ccccc1. The first-order valence-corrected chi connectivity index (χ1v) is 6.15. The van der Waals surface area contributed by atoms with Crippen LogP contribution in [0, 0.1) is 5.92 Å². The first-order valence-electron chi connectivity index (χ1n) is 6.15. The number of rotatable bonds is 7. The lowest BCUT2D eigenvalue weighted by Crippen LogP contribution is -2.25. The minimum absolute atomic E-state index is 0.638.